The summed E-state index contributed by atoms with van der Waals surface area (Å²) in [5, 5.41) is 7.50. The van der Waals surface area contributed by atoms with Crippen molar-refractivity contribution in [2.75, 3.05) is 7.11 Å². The minimum Gasteiger partial charge on any atom is -0.497 e. The van der Waals surface area contributed by atoms with Gasteiger partial charge in [0.15, 0.2) is 5.72 Å². The molecular formula is C28H27BrN2O2. The first-order valence-corrected chi connectivity index (χ1v) is 12.5. The number of hydrogen-bond acceptors (Lipinski definition) is 4. The Balaban J connectivity index is 1.35. The van der Waals surface area contributed by atoms with E-state index in [4.69, 9.17) is 14.6 Å². The van der Waals surface area contributed by atoms with Crippen LogP contribution in [-0.2, 0) is 0 Å². The molecule has 0 bridgehead atoms. The molecule has 3 aliphatic rings. The summed E-state index contributed by atoms with van der Waals surface area (Å²) in [6.07, 6.45) is 5.03. The third-order valence-corrected chi connectivity index (χ3v) is 7.91. The van der Waals surface area contributed by atoms with Crippen molar-refractivity contribution in [3.63, 3.8) is 0 Å². The maximum absolute atomic E-state index is 6.81. The zero-order valence-electron chi connectivity index (χ0n) is 18.7. The maximum Gasteiger partial charge on any atom is 0.198 e. The van der Waals surface area contributed by atoms with Gasteiger partial charge in [0.2, 0.25) is 0 Å². The van der Waals surface area contributed by atoms with Crippen LogP contribution in [0, 0.1) is 0 Å². The number of ether oxygens (including phenoxy) is 2. The minimum atomic E-state index is -0.384. The Kier molecular flexibility index (Phi) is 5.17. The zero-order chi connectivity index (χ0) is 22.4. The SMILES string of the molecule is COc1ccc(C2=NN3[C@H](C2)c2cc(Br)ccc2OC32CCC(c3ccccc3)CC2)cc1. The molecule has 0 amide bonds. The Bertz CT molecular complexity index is 1180. The van der Waals surface area contributed by atoms with Crippen LogP contribution in [0.4, 0.5) is 0 Å². The van der Waals surface area contributed by atoms with Gasteiger partial charge in [0.05, 0.1) is 18.9 Å². The summed E-state index contributed by atoms with van der Waals surface area (Å²) >= 11 is 3.66. The van der Waals surface area contributed by atoms with E-state index >= 15 is 0 Å². The molecule has 1 aliphatic carbocycles. The van der Waals surface area contributed by atoms with Gasteiger partial charge in [-0.15, -0.1) is 0 Å². The summed E-state index contributed by atoms with van der Waals surface area (Å²) in [6, 6.07) is 25.7. The van der Waals surface area contributed by atoms with Gasteiger partial charge >= 0.3 is 0 Å². The second-order valence-corrected chi connectivity index (χ2v) is 10.2. The summed E-state index contributed by atoms with van der Waals surface area (Å²) in [6.45, 7) is 0. The normalized spacial score (nSPS) is 25.8. The number of halogens is 1. The van der Waals surface area contributed by atoms with E-state index in [0.29, 0.717) is 5.92 Å². The highest BCUT2D eigenvalue weighted by Crippen LogP contribution is 2.53. The number of benzene rings is 3. The van der Waals surface area contributed by atoms with E-state index in [2.05, 4.69) is 81.6 Å². The van der Waals surface area contributed by atoms with Gasteiger partial charge in [0.1, 0.15) is 11.5 Å². The van der Waals surface area contributed by atoms with Gasteiger partial charge in [0.25, 0.3) is 0 Å². The van der Waals surface area contributed by atoms with Crippen molar-refractivity contribution >= 4 is 21.6 Å². The van der Waals surface area contributed by atoms with Crippen molar-refractivity contribution in [1.29, 1.82) is 0 Å². The zero-order valence-corrected chi connectivity index (χ0v) is 20.3. The topological polar surface area (TPSA) is 34.1 Å². The van der Waals surface area contributed by atoms with Crippen molar-refractivity contribution in [1.82, 2.24) is 5.01 Å². The quantitative estimate of drug-likeness (QED) is 0.384. The fourth-order valence-corrected chi connectivity index (χ4v) is 6.05. The third-order valence-electron chi connectivity index (χ3n) is 7.42. The van der Waals surface area contributed by atoms with Crippen LogP contribution in [0.2, 0.25) is 0 Å². The number of methoxy groups -OCH3 is 1. The van der Waals surface area contributed by atoms with E-state index in [1.54, 1.807) is 7.11 Å². The summed E-state index contributed by atoms with van der Waals surface area (Å²) < 4.78 is 13.2. The Hall–Kier alpha value is -2.79. The highest BCUT2D eigenvalue weighted by molar-refractivity contribution is 9.10. The molecule has 4 nitrogen and oxygen atoms in total. The van der Waals surface area contributed by atoms with Crippen LogP contribution in [-0.4, -0.2) is 23.6 Å². The highest BCUT2D eigenvalue weighted by atomic mass is 79.9. The van der Waals surface area contributed by atoms with Crippen LogP contribution in [0.25, 0.3) is 0 Å². The molecule has 3 aromatic rings. The lowest BCUT2D eigenvalue weighted by Crippen LogP contribution is -2.55. The Morgan fingerprint density at radius 3 is 2.48 bits per heavy atom. The van der Waals surface area contributed by atoms with E-state index < -0.39 is 0 Å². The molecule has 6 rings (SSSR count). The molecule has 1 fully saturated rings. The van der Waals surface area contributed by atoms with Gasteiger partial charge < -0.3 is 9.47 Å². The molecule has 0 aromatic heterocycles. The summed E-state index contributed by atoms with van der Waals surface area (Å²) in [5.41, 5.74) is 4.53. The van der Waals surface area contributed by atoms with Crippen molar-refractivity contribution in [2.45, 2.75) is 49.8 Å². The minimum absolute atomic E-state index is 0.191. The first kappa shape index (κ1) is 20.8. The summed E-state index contributed by atoms with van der Waals surface area (Å²) in [5.74, 6) is 2.45. The van der Waals surface area contributed by atoms with Gasteiger partial charge in [0, 0.05) is 29.3 Å². The van der Waals surface area contributed by atoms with E-state index in [-0.39, 0.29) is 11.8 Å². The van der Waals surface area contributed by atoms with E-state index in [0.717, 1.165) is 59.4 Å². The number of nitrogens with zero attached hydrogens (tertiary/aromatic N) is 2. The number of hydrogen-bond donors (Lipinski definition) is 0. The van der Waals surface area contributed by atoms with Gasteiger partial charge in [-0.2, -0.15) is 5.10 Å². The molecule has 168 valence electrons. The van der Waals surface area contributed by atoms with Crippen molar-refractivity contribution in [2.24, 2.45) is 5.10 Å². The smallest absolute Gasteiger partial charge is 0.198 e. The highest BCUT2D eigenvalue weighted by Gasteiger charge is 2.52. The van der Waals surface area contributed by atoms with E-state index in [9.17, 15) is 0 Å². The maximum atomic E-state index is 6.81. The largest absolute Gasteiger partial charge is 0.497 e. The first-order valence-electron chi connectivity index (χ1n) is 11.7. The van der Waals surface area contributed by atoms with Crippen LogP contribution >= 0.6 is 15.9 Å². The van der Waals surface area contributed by atoms with Crippen LogP contribution in [0.1, 0.15) is 60.8 Å². The van der Waals surface area contributed by atoms with Crippen molar-refractivity contribution < 1.29 is 9.47 Å². The van der Waals surface area contributed by atoms with E-state index in [1.165, 1.54) is 11.1 Å². The number of hydrazone groups is 1. The Morgan fingerprint density at radius 2 is 1.76 bits per heavy atom. The molecule has 1 atom stereocenters. The van der Waals surface area contributed by atoms with Crippen LogP contribution in [0.15, 0.2) is 82.4 Å². The third kappa shape index (κ3) is 3.63. The second-order valence-electron chi connectivity index (χ2n) is 9.26. The monoisotopic (exact) mass is 502 g/mol. The Morgan fingerprint density at radius 1 is 1.00 bits per heavy atom. The molecule has 3 aromatic carbocycles. The predicted octanol–water partition coefficient (Wildman–Crippen LogP) is 7.06. The van der Waals surface area contributed by atoms with Gasteiger partial charge in [-0.25, -0.2) is 5.01 Å². The van der Waals surface area contributed by atoms with Crippen molar-refractivity contribution in [3.05, 3.63) is 94.0 Å². The second kappa shape index (κ2) is 8.21. The van der Waals surface area contributed by atoms with E-state index in [1.807, 2.05) is 12.1 Å². The van der Waals surface area contributed by atoms with Crippen molar-refractivity contribution in [3.8, 4) is 11.5 Å². The lowest BCUT2D eigenvalue weighted by atomic mass is 9.78. The van der Waals surface area contributed by atoms with Gasteiger partial charge in [-0.3, -0.25) is 0 Å². The predicted molar refractivity (Wildman–Crippen MR) is 134 cm³/mol. The molecular weight excluding hydrogens is 476 g/mol. The molecule has 0 radical (unpaired) electrons. The average Bonchev–Trinajstić information content (AvgIpc) is 3.33. The fraction of sp³-hybridized carbons (Fsp3) is 0.321. The molecule has 0 unspecified atom stereocenters. The fourth-order valence-electron chi connectivity index (χ4n) is 5.67. The van der Waals surface area contributed by atoms with Gasteiger partial charge in [-0.1, -0.05) is 46.3 Å². The molecule has 33 heavy (non-hydrogen) atoms. The number of fused-ring (bicyclic) bond motifs is 4. The average molecular weight is 503 g/mol. The lowest BCUT2D eigenvalue weighted by Gasteiger charge is -2.50. The molecule has 1 spiro atoms. The van der Waals surface area contributed by atoms with Crippen LogP contribution < -0.4 is 9.47 Å². The molecule has 5 heteroatoms. The molecule has 1 saturated carbocycles. The molecule has 2 aliphatic heterocycles. The molecule has 0 saturated heterocycles. The number of rotatable bonds is 3. The van der Waals surface area contributed by atoms with Gasteiger partial charge in [-0.05, 0) is 72.4 Å². The summed E-state index contributed by atoms with van der Waals surface area (Å²) in [7, 11) is 1.70. The standard InChI is InChI=1S/C28H27BrN2O2/c1-32-23-10-7-21(8-11-23)25-18-26-24-17-22(29)9-12-27(24)33-28(31(26)30-25)15-13-20(14-16-28)19-5-3-2-4-6-19/h2-12,17,20,26H,13-16,18H2,1H3/t20?,26-,28?/m1/s1. The lowest BCUT2D eigenvalue weighted by molar-refractivity contribution is -0.142. The Labute approximate surface area is 203 Å². The summed E-state index contributed by atoms with van der Waals surface area (Å²) in [4.78, 5) is 0. The molecule has 2 heterocycles. The van der Waals surface area contributed by atoms with Crippen LogP contribution in [0.3, 0.4) is 0 Å². The first-order chi connectivity index (χ1) is 16.1. The van der Waals surface area contributed by atoms with Crippen LogP contribution in [0.5, 0.6) is 11.5 Å². The molecule has 0 N–H and O–H groups in total.